The Bertz CT molecular complexity index is 5410. The van der Waals surface area contributed by atoms with Crippen molar-refractivity contribution in [3.63, 3.8) is 0 Å². The lowest BCUT2D eigenvalue weighted by Gasteiger charge is -2.24. The molecule has 105 heavy (non-hydrogen) atoms. The third-order valence-electron chi connectivity index (χ3n) is 16.7. The summed E-state index contributed by atoms with van der Waals surface area (Å²) < 4.78 is 78.0. The second-order valence-corrected chi connectivity index (χ2v) is 30.2. The Balaban J connectivity index is 0.000000169. The fourth-order valence-electron chi connectivity index (χ4n) is 11.5. The first-order valence-corrected chi connectivity index (χ1v) is 38.4. The van der Waals surface area contributed by atoms with Crippen LogP contribution in [0.1, 0.15) is 64.5 Å². The average molecular weight is 1510 g/mol. The fourth-order valence-corrected chi connectivity index (χ4v) is 14.8. The lowest BCUT2D eigenvalue weighted by molar-refractivity contribution is 0.0723. The summed E-state index contributed by atoms with van der Waals surface area (Å²) in [5.74, 6) is -0.514. The molecule has 0 spiro atoms. The Kier molecular flexibility index (Phi) is 26.2. The van der Waals surface area contributed by atoms with Crippen LogP contribution in [0.4, 0.5) is 0 Å². The molecule has 3 amide bonds. The molecule has 0 bridgehead atoms. The van der Waals surface area contributed by atoms with Crippen LogP contribution in [0.5, 0.6) is 0 Å². The highest BCUT2D eigenvalue weighted by Crippen LogP contribution is 2.33. The van der Waals surface area contributed by atoms with Crippen LogP contribution in [0.25, 0.3) is 33.4 Å². The lowest BCUT2D eigenvalue weighted by atomic mass is 10.0. The van der Waals surface area contributed by atoms with E-state index in [9.17, 15) is 39.6 Å². The number of carbonyl (C=O) groups is 3. The zero-order valence-corrected chi connectivity index (χ0v) is 61.3. The van der Waals surface area contributed by atoms with Crippen molar-refractivity contribution in [2.24, 2.45) is 5.14 Å². The number of nitriles is 1. The number of carbonyl (C=O) groups excluding carboxylic acids is 3. The zero-order valence-electron chi connectivity index (χ0n) is 56.6. The highest BCUT2D eigenvalue weighted by atomic mass is 35.5. The van der Waals surface area contributed by atoms with E-state index in [4.69, 9.17) is 45.2 Å². The SMILES string of the molecule is CNS(=O)(=O)c1ccccc1-c1ccc(CN(Cc2ccccc2)C(=O)c2ccccc2Cl)cc1.N#CNS(=O)(=O)c1ccccc1-c1ccc(CN(Cc2ccccc2)C(=O)c2ccccc2Cl)cc1.NS(=O)(=O)c1ccccc1-c1ccc(CN(Cc2ccccc2)C(=O)c2ccccc2Cl)cc1. The van der Waals surface area contributed by atoms with Crippen molar-refractivity contribution in [3.05, 3.63) is 375 Å². The molecule has 530 valence electrons. The Morgan fingerprint density at radius 3 is 0.848 bits per heavy atom. The summed E-state index contributed by atoms with van der Waals surface area (Å²) in [5, 5.41) is 15.4. The smallest absolute Gasteiger partial charge is 0.270 e. The Hall–Kier alpha value is -11.0. The molecule has 0 aromatic heterocycles. The van der Waals surface area contributed by atoms with Gasteiger partial charge in [-0.2, -0.15) is 5.26 Å². The van der Waals surface area contributed by atoms with Gasteiger partial charge >= 0.3 is 0 Å². The molecule has 16 nitrogen and oxygen atoms in total. The minimum Gasteiger partial charge on any atom is -0.330 e. The van der Waals surface area contributed by atoms with Crippen LogP contribution < -0.4 is 14.6 Å². The zero-order chi connectivity index (χ0) is 74.5. The molecule has 12 rings (SSSR count). The summed E-state index contributed by atoms with van der Waals surface area (Å²) >= 11 is 18.9. The van der Waals surface area contributed by atoms with Crippen LogP contribution in [-0.2, 0) is 69.3 Å². The Labute approximate surface area is 627 Å². The van der Waals surface area contributed by atoms with Gasteiger partial charge in [-0.25, -0.2) is 39.8 Å². The maximum absolute atomic E-state index is 13.4. The van der Waals surface area contributed by atoms with E-state index in [1.165, 1.54) is 25.4 Å². The molecule has 0 saturated carbocycles. The minimum atomic E-state index is -3.98. The number of nitrogens with one attached hydrogen (secondary N) is 2. The molecule has 0 heterocycles. The molecule has 0 atom stereocenters. The topological polar surface area (TPSA) is 237 Å². The van der Waals surface area contributed by atoms with Crippen molar-refractivity contribution >= 4 is 82.6 Å². The number of halogens is 3. The van der Waals surface area contributed by atoms with E-state index in [0.717, 1.165) is 44.5 Å². The Morgan fingerprint density at radius 2 is 0.571 bits per heavy atom. The first kappa shape index (κ1) is 76.6. The predicted molar refractivity (Wildman–Crippen MR) is 414 cm³/mol. The van der Waals surface area contributed by atoms with E-state index in [2.05, 4.69) is 4.72 Å². The number of nitrogens with zero attached hydrogens (tertiary/aromatic N) is 4. The van der Waals surface area contributed by atoms with Crippen molar-refractivity contribution in [2.45, 2.75) is 54.0 Å². The molecule has 0 aliphatic heterocycles. The average Bonchev–Trinajstić information content (AvgIpc) is 0.813. The number of sulfonamides is 3. The van der Waals surface area contributed by atoms with Gasteiger partial charge in [-0.15, -0.1) is 0 Å². The van der Waals surface area contributed by atoms with Crippen LogP contribution in [0.3, 0.4) is 0 Å². The van der Waals surface area contributed by atoms with E-state index in [-0.39, 0.29) is 32.4 Å². The quantitative estimate of drug-likeness (QED) is 0.0404. The molecule has 0 unspecified atom stereocenters. The predicted octanol–water partition coefficient (Wildman–Crippen LogP) is 16.9. The summed E-state index contributed by atoms with van der Waals surface area (Å²) in [5.41, 5.74) is 10.8. The first-order chi connectivity index (χ1) is 50.6. The first-order valence-electron chi connectivity index (χ1n) is 32.8. The minimum absolute atomic E-state index is 0.0129. The number of hydrogen-bond donors (Lipinski definition) is 3. The van der Waals surface area contributed by atoms with E-state index in [0.29, 0.717) is 93.3 Å². The largest absolute Gasteiger partial charge is 0.330 e. The molecule has 0 aliphatic rings. The number of nitrogens with two attached hydrogens (primary N) is 1. The number of rotatable bonds is 23. The van der Waals surface area contributed by atoms with E-state index >= 15 is 0 Å². The second kappa shape index (κ2) is 35.9. The van der Waals surface area contributed by atoms with Crippen molar-refractivity contribution < 1.29 is 39.6 Å². The van der Waals surface area contributed by atoms with Crippen LogP contribution in [-0.4, -0.2) is 64.7 Å². The van der Waals surface area contributed by atoms with E-state index in [1.807, 2.05) is 162 Å². The molecule has 4 N–H and O–H groups in total. The second-order valence-electron chi connectivity index (χ2n) is 23.9. The van der Waals surface area contributed by atoms with Crippen molar-refractivity contribution in [2.75, 3.05) is 7.05 Å². The monoisotopic (exact) mass is 1510 g/mol. The maximum atomic E-state index is 13.4. The molecule has 0 radical (unpaired) electrons. The standard InChI is InChI=1S/C28H22ClN3O3S.C28H25ClN2O3S.C27H23ClN2O3S/c29-26-12-6-4-11-25(26)28(33)32(18-21-8-2-1-3-9-21)19-22-14-16-23(17-15-22)24-10-5-7-13-27(24)36(34,35)31-20-30;1-30-35(33,34)27-14-8-6-11-24(27)23-17-15-22(16-18-23)20-31(19-21-9-3-2-4-10-21)28(32)25-12-5-7-13-26(25)29;28-25-12-6-4-11-24(25)27(31)30(18-20-8-2-1-3-9-20)19-21-14-16-22(17-15-21)23-10-5-7-13-26(23)34(29,32)33/h1-17,31H,18-19H2;2-18,30H,19-20H2,1H3;1-17H,18-19H2,(H2,29,32,33). The van der Waals surface area contributed by atoms with Crippen LogP contribution in [0, 0.1) is 11.5 Å². The van der Waals surface area contributed by atoms with Crippen molar-refractivity contribution in [1.82, 2.24) is 24.1 Å². The van der Waals surface area contributed by atoms with Gasteiger partial charge in [-0.1, -0.05) is 290 Å². The van der Waals surface area contributed by atoms with Gasteiger partial charge < -0.3 is 14.7 Å². The van der Waals surface area contributed by atoms with Gasteiger partial charge in [0.15, 0.2) is 6.19 Å². The van der Waals surface area contributed by atoms with E-state index < -0.39 is 30.1 Å². The van der Waals surface area contributed by atoms with Crippen molar-refractivity contribution in [1.29, 1.82) is 5.26 Å². The van der Waals surface area contributed by atoms with Gasteiger partial charge in [0.25, 0.3) is 27.7 Å². The summed E-state index contributed by atoms with van der Waals surface area (Å²) in [6.45, 7) is 2.30. The molecule has 12 aromatic rings. The molecular formula is C83H70Cl3N7O9S3. The van der Waals surface area contributed by atoms with E-state index in [1.54, 1.807) is 154 Å². The summed E-state index contributed by atoms with van der Waals surface area (Å²) in [6.07, 6.45) is 1.48. The lowest BCUT2D eigenvalue weighted by Crippen LogP contribution is -2.30. The van der Waals surface area contributed by atoms with Gasteiger partial charge in [-0.3, -0.25) is 14.4 Å². The van der Waals surface area contributed by atoms with Crippen molar-refractivity contribution in [3.8, 4) is 39.6 Å². The molecule has 0 saturated heterocycles. The van der Waals surface area contributed by atoms with Crippen LogP contribution in [0.2, 0.25) is 15.1 Å². The van der Waals surface area contributed by atoms with Gasteiger partial charge in [0, 0.05) is 56.0 Å². The Morgan fingerprint density at radius 1 is 0.333 bits per heavy atom. The molecule has 12 aromatic carbocycles. The van der Waals surface area contributed by atoms with Gasteiger partial charge in [-0.05, 0) is 112 Å². The maximum Gasteiger partial charge on any atom is 0.270 e. The number of hydrogen-bond acceptors (Lipinski definition) is 10. The van der Waals surface area contributed by atoms with Gasteiger partial charge in [0.05, 0.1) is 46.4 Å². The summed E-state index contributed by atoms with van der Waals surface area (Å²) in [4.78, 5) is 45.7. The molecular weight excluding hydrogens is 1440 g/mol. The van der Waals surface area contributed by atoms with Gasteiger partial charge in [0.1, 0.15) is 0 Å². The third-order valence-corrected chi connectivity index (χ3v) is 21.5. The molecule has 0 aliphatic carbocycles. The van der Waals surface area contributed by atoms with Gasteiger partial charge in [0.2, 0.25) is 20.0 Å². The number of benzene rings is 12. The third kappa shape index (κ3) is 20.5. The number of amides is 3. The fraction of sp³-hybridized carbons (Fsp3) is 0.0843. The number of primary sulfonamides is 1. The van der Waals surface area contributed by atoms with Crippen LogP contribution in [0.15, 0.2) is 324 Å². The summed E-state index contributed by atoms with van der Waals surface area (Å²) in [7, 11) is -10.0. The highest BCUT2D eigenvalue weighted by Gasteiger charge is 2.25. The van der Waals surface area contributed by atoms with Crippen LogP contribution >= 0.6 is 34.8 Å². The summed E-state index contributed by atoms with van der Waals surface area (Å²) in [6, 6.07) is 92.5. The normalized spacial score (nSPS) is 11.1. The molecule has 22 heteroatoms. The highest BCUT2D eigenvalue weighted by molar-refractivity contribution is 7.90. The molecule has 0 fully saturated rings.